The summed E-state index contributed by atoms with van der Waals surface area (Å²) in [5.74, 6) is -2.29. The molecular weight excluding hydrogens is 499 g/mol. The van der Waals surface area contributed by atoms with E-state index in [1.165, 1.54) is 40.6 Å². The van der Waals surface area contributed by atoms with E-state index in [-0.39, 0.29) is 34.3 Å². The minimum absolute atomic E-state index is 0.00257. The number of methoxy groups -OCH3 is 4. The summed E-state index contributed by atoms with van der Waals surface area (Å²) in [5, 5.41) is 3.29. The molecule has 0 saturated carbocycles. The summed E-state index contributed by atoms with van der Waals surface area (Å²) in [6.45, 7) is 1.72. The number of nitrogens with one attached hydrogen (secondary N) is 1. The van der Waals surface area contributed by atoms with E-state index in [9.17, 15) is 18.0 Å². The third-order valence-electron chi connectivity index (χ3n) is 5.21. The molecule has 1 N–H and O–H groups in total. The molecule has 2 aromatic heterocycles. The molecule has 2 aromatic carbocycles. The van der Waals surface area contributed by atoms with Crippen molar-refractivity contribution in [3.05, 3.63) is 30.0 Å². The minimum atomic E-state index is -5.27. The lowest BCUT2D eigenvalue weighted by atomic mass is 10.1. The fourth-order valence-corrected chi connectivity index (χ4v) is 3.52. The second-order valence-electron chi connectivity index (χ2n) is 7.42. The predicted molar refractivity (Wildman–Crippen MR) is 125 cm³/mol. The molecule has 0 saturated heterocycles. The number of anilines is 2. The Kier molecular flexibility index (Phi) is 6.74. The molecule has 0 unspecified atom stereocenters. The number of fused-ring (bicyclic) bond motifs is 2. The third-order valence-corrected chi connectivity index (χ3v) is 5.21. The average molecular weight is 519 g/mol. The maximum absolute atomic E-state index is 13.0. The number of alkyl halides is 3. The largest absolute Gasteiger partial charge is 0.497 e. The summed E-state index contributed by atoms with van der Waals surface area (Å²) in [6, 6.07) is 6.27. The Bertz CT molecular complexity index is 1510. The van der Waals surface area contributed by atoms with Gasteiger partial charge >= 0.3 is 12.1 Å². The van der Waals surface area contributed by atoms with Gasteiger partial charge in [-0.25, -0.2) is 19.7 Å². The second-order valence-corrected chi connectivity index (χ2v) is 7.42. The quantitative estimate of drug-likeness (QED) is 0.354. The minimum Gasteiger partial charge on any atom is -0.497 e. The number of esters is 1. The van der Waals surface area contributed by atoms with Crippen LogP contribution in [-0.2, 0) is 4.79 Å². The molecule has 4 aromatic rings. The van der Waals surface area contributed by atoms with Crippen molar-refractivity contribution in [2.45, 2.75) is 13.1 Å². The standard InChI is InChI=1S/C23H20F3N5O6/c1-10-12-8-11(33-2)9-15(36-5)17(12)28-21(27-10)31-22-29-18-14(35-4)7-6-13(34-3)16(18)19(30-22)37-20(32)23(24,25)26/h6-9H,1-5H3,(H,27,28,29,30,31). The molecule has 0 amide bonds. The molecule has 11 nitrogen and oxygen atoms in total. The molecule has 0 aliphatic carbocycles. The van der Waals surface area contributed by atoms with E-state index < -0.39 is 18.0 Å². The number of benzene rings is 2. The first-order valence-electron chi connectivity index (χ1n) is 10.5. The second kappa shape index (κ2) is 9.79. The van der Waals surface area contributed by atoms with Crippen molar-refractivity contribution in [2.24, 2.45) is 0 Å². The lowest BCUT2D eigenvalue weighted by molar-refractivity contribution is -0.189. The molecule has 2 heterocycles. The number of halogens is 3. The molecule has 0 aliphatic heterocycles. The Morgan fingerprint density at radius 2 is 1.43 bits per heavy atom. The molecule has 0 radical (unpaired) electrons. The first-order valence-corrected chi connectivity index (χ1v) is 10.5. The Morgan fingerprint density at radius 1 is 0.811 bits per heavy atom. The summed E-state index contributed by atoms with van der Waals surface area (Å²) in [6.07, 6.45) is -5.27. The van der Waals surface area contributed by atoms with Crippen LogP contribution in [0.15, 0.2) is 24.3 Å². The van der Waals surface area contributed by atoms with Crippen molar-refractivity contribution in [1.82, 2.24) is 19.9 Å². The molecule has 37 heavy (non-hydrogen) atoms. The summed E-state index contributed by atoms with van der Waals surface area (Å²) in [5.41, 5.74) is 0.986. The van der Waals surface area contributed by atoms with Gasteiger partial charge in [0, 0.05) is 11.5 Å². The number of rotatable bonds is 7. The van der Waals surface area contributed by atoms with Gasteiger partial charge in [0.15, 0.2) is 0 Å². The van der Waals surface area contributed by atoms with Gasteiger partial charge in [0.1, 0.15) is 39.4 Å². The highest BCUT2D eigenvalue weighted by Crippen LogP contribution is 2.39. The van der Waals surface area contributed by atoms with Gasteiger partial charge in [-0.3, -0.25) is 5.32 Å². The highest BCUT2D eigenvalue weighted by molar-refractivity contribution is 5.96. The number of aromatic nitrogens is 4. The van der Waals surface area contributed by atoms with Gasteiger partial charge in [0.25, 0.3) is 0 Å². The highest BCUT2D eigenvalue weighted by atomic mass is 19.4. The van der Waals surface area contributed by atoms with Crippen LogP contribution in [0.25, 0.3) is 21.8 Å². The molecule has 0 atom stereocenters. The summed E-state index contributed by atoms with van der Waals surface area (Å²) >= 11 is 0. The van der Waals surface area contributed by atoms with E-state index in [2.05, 4.69) is 30.0 Å². The number of hydrogen-bond donors (Lipinski definition) is 1. The smallest absolute Gasteiger partial charge is 0.491 e. The van der Waals surface area contributed by atoms with Crippen molar-refractivity contribution in [2.75, 3.05) is 33.8 Å². The molecule has 4 rings (SSSR count). The van der Waals surface area contributed by atoms with E-state index in [0.717, 1.165) is 0 Å². The lowest BCUT2D eigenvalue weighted by Crippen LogP contribution is -2.28. The van der Waals surface area contributed by atoms with Crippen LogP contribution in [0.2, 0.25) is 0 Å². The van der Waals surface area contributed by atoms with Crippen molar-refractivity contribution in [1.29, 1.82) is 0 Å². The summed E-state index contributed by atoms with van der Waals surface area (Å²) in [7, 11) is 5.60. The molecule has 0 bridgehead atoms. The van der Waals surface area contributed by atoms with Gasteiger partial charge in [0.2, 0.25) is 17.8 Å². The van der Waals surface area contributed by atoms with Gasteiger partial charge in [0.05, 0.1) is 34.1 Å². The van der Waals surface area contributed by atoms with E-state index in [4.69, 9.17) is 18.9 Å². The molecule has 0 fully saturated rings. The van der Waals surface area contributed by atoms with Crippen LogP contribution in [0.1, 0.15) is 5.69 Å². The Balaban J connectivity index is 1.88. The molecule has 14 heteroatoms. The zero-order valence-corrected chi connectivity index (χ0v) is 20.2. The van der Waals surface area contributed by atoms with Crippen LogP contribution in [0.4, 0.5) is 25.1 Å². The van der Waals surface area contributed by atoms with E-state index in [1.54, 1.807) is 19.1 Å². The van der Waals surface area contributed by atoms with E-state index in [1.807, 2.05) is 0 Å². The Hall–Kier alpha value is -4.62. The van der Waals surface area contributed by atoms with Crippen LogP contribution in [0, 0.1) is 6.92 Å². The summed E-state index contributed by atoms with van der Waals surface area (Å²) < 4.78 is 64.8. The average Bonchev–Trinajstić information content (AvgIpc) is 2.86. The van der Waals surface area contributed by atoms with E-state index in [0.29, 0.717) is 28.1 Å². The molecule has 0 spiro atoms. The number of aryl methyl sites for hydroxylation is 1. The zero-order chi connectivity index (χ0) is 26.9. The Morgan fingerprint density at radius 3 is 2.05 bits per heavy atom. The number of carbonyl (C=O) groups is 1. The SMILES string of the molecule is COc1cc(OC)c2nc(Nc3nc(OC(=O)C(F)(F)F)c4c(OC)ccc(OC)c4n3)nc(C)c2c1. The number of hydrogen-bond acceptors (Lipinski definition) is 11. The molecule has 194 valence electrons. The van der Waals surface area contributed by atoms with Crippen molar-refractivity contribution in [3.8, 4) is 28.9 Å². The van der Waals surface area contributed by atoms with Crippen LogP contribution < -0.4 is 29.0 Å². The van der Waals surface area contributed by atoms with Crippen molar-refractivity contribution >= 4 is 39.7 Å². The van der Waals surface area contributed by atoms with Crippen LogP contribution in [-0.4, -0.2) is 60.5 Å². The maximum atomic E-state index is 13.0. The topological polar surface area (TPSA) is 127 Å². The fourth-order valence-electron chi connectivity index (χ4n) is 3.52. The number of nitrogens with zero attached hydrogens (tertiary/aromatic N) is 4. The van der Waals surface area contributed by atoms with Crippen LogP contribution in [0.3, 0.4) is 0 Å². The predicted octanol–water partition coefficient (Wildman–Crippen LogP) is 4.13. The van der Waals surface area contributed by atoms with Gasteiger partial charge in [-0.15, -0.1) is 0 Å². The first-order chi connectivity index (χ1) is 17.6. The third kappa shape index (κ3) is 4.90. The first kappa shape index (κ1) is 25.5. The zero-order valence-electron chi connectivity index (χ0n) is 20.2. The monoisotopic (exact) mass is 519 g/mol. The van der Waals surface area contributed by atoms with Gasteiger partial charge in [-0.1, -0.05) is 0 Å². The molecule has 0 aliphatic rings. The maximum Gasteiger partial charge on any atom is 0.491 e. The normalized spacial score (nSPS) is 11.4. The summed E-state index contributed by atoms with van der Waals surface area (Å²) in [4.78, 5) is 28.8. The highest BCUT2D eigenvalue weighted by Gasteiger charge is 2.42. The number of carbonyl (C=O) groups excluding carboxylic acids is 1. The number of ether oxygens (including phenoxy) is 5. The van der Waals surface area contributed by atoms with Crippen LogP contribution >= 0.6 is 0 Å². The van der Waals surface area contributed by atoms with E-state index >= 15 is 0 Å². The van der Waals surface area contributed by atoms with Gasteiger partial charge in [-0.2, -0.15) is 18.2 Å². The lowest BCUT2D eigenvalue weighted by Gasteiger charge is -2.15. The van der Waals surface area contributed by atoms with Crippen LogP contribution in [0.5, 0.6) is 28.9 Å². The van der Waals surface area contributed by atoms with Crippen molar-refractivity contribution in [3.63, 3.8) is 0 Å². The van der Waals surface area contributed by atoms with Gasteiger partial charge < -0.3 is 23.7 Å². The Labute approximate surface area is 207 Å². The fraction of sp³-hybridized carbons (Fsp3) is 0.261. The van der Waals surface area contributed by atoms with Crippen molar-refractivity contribution < 1.29 is 41.7 Å². The van der Waals surface area contributed by atoms with Gasteiger partial charge in [-0.05, 0) is 25.1 Å². The molecular formula is C23H20F3N5O6.